The minimum Gasteiger partial charge on any atom is -0.336 e. The molecule has 0 spiro atoms. The zero-order chi connectivity index (χ0) is 17.6. The van der Waals surface area contributed by atoms with Gasteiger partial charge in [0.05, 0.1) is 5.69 Å². The Morgan fingerprint density at radius 1 is 1.32 bits per heavy atom. The van der Waals surface area contributed by atoms with E-state index in [2.05, 4.69) is 29.0 Å². The second-order valence-electron chi connectivity index (χ2n) is 7.73. The molecule has 0 bridgehead atoms. The van der Waals surface area contributed by atoms with Gasteiger partial charge >= 0.3 is 0 Å². The van der Waals surface area contributed by atoms with Crippen LogP contribution in [0, 0.1) is 0 Å². The molecule has 2 aromatic heterocycles. The van der Waals surface area contributed by atoms with Crippen LogP contribution in [0.1, 0.15) is 80.7 Å². The molecule has 1 atom stereocenters. The van der Waals surface area contributed by atoms with Crippen LogP contribution in [-0.4, -0.2) is 37.1 Å². The monoisotopic (exact) mass is 341 g/mol. The highest BCUT2D eigenvalue weighted by atomic mass is 16.2. The predicted molar refractivity (Wildman–Crippen MR) is 95.3 cm³/mol. The van der Waals surface area contributed by atoms with Gasteiger partial charge in [0, 0.05) is 55.0 Å². The molecule has 0 radical (unpaired) electrons. The predicted octanol–water partition coefficient (Wildman–Crippen LogP) is 3.14. The van der Waals surface area contributed by atoms with Gasteiger partial charge in [0.15, 0.2) is 0 Å². The molecule has 1 saturated carbocycles. The standard InChI is InChI=1S/C19H27N5O/c1-12(2)18-20-8-10-24(18)13(3)19(25)23-9-7-16-15(11-23)17(22-21-16)14-5-4-6-14/h8,10,12-14H,4-7,9,11H2,1-3H3,(H,21,22)/t13-/m0/s1. The highest BCUT2D eigenvalue weighted by Gasteiger charge is 2.32. The number of hydrogen-bond acceptors (Lipinski definition) is 3. The van der Waals surface area contributed by atoms with Crippen LogP contribution >= 0.6 is 0 Å². The van der Waals surface area contributed by atoms with Crippen molar-refractivity contribution in [1.82, 2.24) is 24.6 Å². The summed E-state index contributed by atoms with van der Waals surface area (Å²) in [5.41, 5.74) is 3.70. The maximum Gasteiger partial charge on any atom is 0.245 e. The van der Waals surface area contributed by atoms with Crippen molar-refractivity contribution in [3.63, 3.8) is 0 Å². The lowest BCUT2D eigenvalue weighted by atomic mass is 9.80. The zero-order valence-electron chi connectivity index (χ0n) is 15.3. The number of carbonyl (C=O) groups is 1. The van der Waals surface area contributed by atoms with E-state index in [1.165, 1.54) is 36.2 Å². The van der Waals surface area contributed by atoms with Crippen molar-refractivity contribution in [1.29, 1.82) is 0 Å². The Balaban J connectivity index is 1.53. The molecule has 1 aliphatic carbocycles. The van der Waals surface area contributed by atoms with Crippen LogP contribution in [-0.2, 0) is 17.8 Å². The smallest absolute Gasteiger partial charge is 0.245 e. The molecule has 3 heterocycles. The number of rotatable bonds is 4. The summed E-state index contributed by atoms with van der Waals surface area (Å²) in [4.78, 5) is 19.5. The number of nitrogens with one attached hydrogen (secondary N) is 1. The van der Waals surface area contributed by atoms with Crippen LogP contribution in [0.5, 0.6) is 0 Å². The first-order valence-electron chi connectivity index (χ1n) is 9.43. The minimum absolute atomic E-state index is 0.173. The quantitative estimate of drug-likeness (QED) is 0.929. The fourth-order valence-electron chi connectivity index (χ4n) is 4.01. The van der Waals surface area contributed by atoms with Gasteiger partial charge in [-0.3, -0.25) is 9.89 Å². The van der Waals surface area contributed by atoms with Gasteiger partial charge < -0.3 is 9.47 Å². The Kier molecular flexibility index (Phi) is 4.13. The largest absolute Gasteiger partial charge is 0.336 e. The molecule has 1 aliphatic heterocycles. The van der Waals surface area contributed by atoms with Crippen molar-refractivity contribution in [2.45, 2.75) is 70.9 Å². The average Bonchev–Trinajstić information content (AvgIpc) is 3.19. The average molecular weight is 341 g/mol. The van der Waals surface area contributed by atoms with E-state index in [-0.39, 0.29) is 11.9 Å². The van der Waals surface area contributed by atoms with Crippen LogP contribution in [0.3, 0.4) is 0 Å². The Hall–Kier alpha value is -2.11. The van der Waals surface area contributed by atoms with Crippen molar-refractivity contribution in [3.8, 4) is 0 Å². The fourth-order valence-corrected chi connectivity index (χ4v) is 4.01. The van der Waals surface area contributed by atoms with Gasteiger partial charge in [-0.1, -0.05) is 20.3 Å². The summed E-state index contributed by atoms with van der Waals surface area (Å²) in [6, 6.07) is -0.222. The molecular formula is C19H27N5O. The van der Waals surface area contributed by atoms with Crippen molar-refractivity contribution >= 4 is 5.91 Å². The maximum atomic E-state index is 13.1. The highest BCUT2D eigenvalue weighted by Crippen LogP contribution is 2.39. The fraction of sp³-hybridized carbons (Fsp3) is 0.632. The molecule has 4 rings (SSSR count). The summed E-state index contributed by atoms with van der Waals surface area (Å²) in [5.74, 6) is 2.04. The van der Waals surface area contributed by atoms with Crippen molar-refractivity contribution < 1.29 is 4.79 Å². The summed E-state index contributed by atoms with van der Waals surface area (Å²) in [6.45, 7) is 7.65. The SMILES string of the molecule is CC(C)c1nccn1[C@@H](C)C(=O)N1CCc2[nH]nc(C3CCC3)c2C1. The molecule has 25 heavy (non-hydrogen) atoms. The Labute approximate surface area is 148 Å². The van der Waals surface area contributed by atoms with Gasteiger partial charge in [-0.15, -0.1) is 0 Å². The summed E-state index contributed by atoms with van der Waals surface area (Å²) < 4.78 is 2.02. The molecule has 0 aromatic carbocycles. The number of nitrogens with zero attached hydrogens (tertiary/aromatic N) is 4. The van der Waals surface area contributed by atoms with Crippen LogP contribution < -0.4 is 0 Å². The summed E-state index contributed by atoms with van der Waals surface area (Å²) in [7, 11) is 0. The van der Waals surface area contributed by atoms with Gasteiger partial charge in [0.2, 0.25) is 5.91 Å². The number of aromatic amines is 1. The van der Waals surface area contributed by atoms with E-state index in [9.17, 15) is 4.79 Å². The number of amides is 1. The van der Waals surface area contributed by atoms with Crippen molar-refractivity contribution in [2.24, 2.45) is 0 Å². The molecule has 0 saturated heterocycles. The van der Waals surface area contributed by atoms with E-state index in [1.807, 2.05) is 22.6 Å². The highest BCUT2D eigenvalue weighted by molar-refractivity contribution is 5.80. The Morgan fingerprint density at radius 3 is 2.80 bits per heavy atom. The molecule has 1 amide bonds. The summed E-state index contributed by atoms with van der Waals surface area (Å²) in [5, 5.41) is 7.78. The molecule has 1 fully saturated rings. The van der Waals surface area contributed by atoms with Crippen molar-refractivity contribution in [3.05, 3.63) is 35.2 Å². The van der Waals surface area contributed by atoms with E-state index >= 15 is 0 Å². The molecular weight excluding hydrogens is 314 g/mol. The first kappa shape index (κ1) is 16.4. The van der Waals surface area contributed by atoms with E-state index in [0.717, 1.165) is 18.8 Å². The van der Waals surface area contributed by atoms with Crippen molar-refractivity contribution in [2.75, 3.05) is 6.54 Å². The van der Waals surface area contributed by atoms with Crippen LogP contribution in [0.25, 0.3) is 0 Å². The second kappa shape index (κ2) is 6.32. The number of imidazole rings is 1. The van der Waals surface area contributed by atoms with E-state index < -0.39 is 0 Å². The third-order valence-electron chi connectivity index (χ3n) is 5.76. The van der Waals surface area contributed by atoms with E-state index in [0.29, 0.717) is 18.4 Å². The zero-order valence-corrected chi connectivity index (χ0v) is 15.3. The minimum atomic E-state index is -0.222. The third kappa shape index (κ3) is 2.77. The molecule has 0 unspecified atom stereocenters. The Morgan fingerprint density at radius 2 is 2.12 bits per heavy atom. The molecule has 1 N–H and O–H groups in total. The van der Waals surface area contributed by atoms with E-state index in [4.69, 9.17) is 0 Å². The van der Waals surface area contributed by atoms with Crippen LogP contribution in [0.2, 0.25) is 0 Å². The maximum absolute atomic E-state index is 13.1. The number of aromatic nitrogens is 4. The third-order valence-corrected chi connectivity index (χ3v) is 5.76. The molecule has 6 heteroatoms. The number of hydrogen-bond donors (Lipinski definition) is 1. The van der Waals surface area contributed by atoms with Gasteiger partial charge in [-0.25, -0.2) is 4.98 Å². The normalized spacial score (nSPS) is 19.0. The number of carbonyl (C=O) groups excluding carboxylic acids is 1. The topological polar surface area (TPSA) is 66.8 Å². The first-order valence-corrected chi connectivity index (χ1v) is 9.43. The summed E-state index contributed by atoms with van der Waals surface area (Å²) in [6.07, 6.45) is 8.34. The molecule has 134 valence electrons. The lowest BCUT2D eigenvalue weighted by molar-refractivity contribution is -0.135. The second-order valence-corrected chi connectivity index (χ2v) is 7.73. The first-order chi connectivity index (χ1) is 12.1. The Bertz CT molecular complexity index is 771. The lowest BCUT2D eigenvalue weighted by Gasteiger charge is -2.32. The van der Waals surface area contributed by atoms with Gasteiger partial charge in [-0.2, -0.15) is 5.10 Å². The van der Waals surface area contributed by atoms with Gasteiger partial charge in [0.25, 0.3) is 0 Å². The lowest BCUT2D eigenvalue weighted by Crippen LogP contribution is -2.40. The van der Waals surface area contributed by atoms with Gasteiger partial charge in [0.1, 0.15) is 11.9 Å². The molecule has 2 aromatic rings. The van der Waals surface area contributed by atoms with Crippen LogP contribution in [0.15, 0.2) is 12.4 Å². The van der Waals surface area contributed by atoms with Crippen LogP contribution in [0.4, 0.5) is 0 Å². The number of H-pyrrole nitrogens is 1. The van der Waals surface area contributed by atoms with E-state index in [1.54, 1.807) is 6.20 Å². The van der Waals surface area contributed by atoms with Gasteiger partial charge in [-0.05, 0) is 19.8 Å². The molecule has 2 aliphatic rings. The number of fused-ring (bicyclic) bond motifs is 1. The molecule has 6 nitrogen and oxygen atoms in total. The summed E-state index contributed by atoms with van der Waals surface area (Å²) >= 11 is 0.